The Morgan fingerprint density at radius 2 is 2.10 bits per heavy atom. The number of nitrogens with zero attached hydrogens (tertiary/aromatic N) is 1. The van der Waals surface area contributed by atoms with E-state index in [0.29, 0.717) is 26.4 Å². The summed E-state index contributed by atoms with van der Waals surface area (Å²) in [6.07, 6.45) is 0. The van der Waals surface area contributed by atoms with Crippen molar-refractivity contribution >= 4 is 15.9 Å². The van der Waals surface area contributed by atoms with Crippen LogP contribution in [0.5, 0.6) is 11.5 Å². The maximum Gasteiger partial charge on any atom is 0.175 e. The molecule has 1 aromatic carbocycles. The molecule has 2 unspecified atom stereocenters. The Balaban J connectivity index is 2.27. The van der Waals surface area contributed by atoms with Crippen LogP contribution in [0, 0.1) is 0 Å². The summed E-state index contributed by atoms with van der Waals surface area (Å²) in [4.78, 5) is 2.22. The number of nitrogens with two attached hydrogens (primary N) is 1. The van der Waals surface area contributed by atoms with E-state index in [-0.39, 0.29) is 12.1 Å². The standard InChI is InChI=1S/C15H23BrN2O3/c1-10(9-19-3)18(2)13(8-17)11-6-12(16)15-14(7-11)20-4-5-21-15/h6-7,10,13H,4-5,8-9,17H2,1-3H3. The van der Waals surface area contributed by atoms with Crippen LogP contribution in [0.4, 0.5) is 0 Å². The number of methoxy groups -OCH3 is 1. The van der Waals surface area contributed by atoms with Crippen LogP contribution < -0.4 is 15.2 Å². The van der Waals surface area contributed by atoms with Crippen LogP contribution in [0.2, 0.25) is 0 Å². The van der Waals surface area contributed by atoms with E-state index in [1.54, 1.807) is 7.11 Å². The van der Waals surface area contributed by atoms with Gasteiger partial charge in [0.1, 0.15) is 13.2 Å². The van der Waals surface area contributed by atoms with Gasteiger partial charge in [-0.1, -0.05) is 0 Å². The van der Waals surface area contributed by atoms with Crippen molar-refractivity contribution in [2.24, 2.45) is 5.73 Å². The molecule has 0 bridgehead atoms. The zero-order valence-electron chi connectivity index (χ0n) is 12.8. The van der Waals surface area contributed by atoms with Crippen molar-refractivity contribution in [2.75, 3.05) is 40.5 Å². The molecule has 2 N–H and O–H groups in total. The number of halogens is 1. The average Bonchev–Trinajstić information content (AvgIpc) is 2.48. The van der Waals surface area contributed by atoms with Gasteiger partial charge < -0.3 is 19.9 Å². The number of hydrogen-bond donors (Lipinski definition) is 1. The SMILES string of the molecule is COCC(C)N(C)C(CN)c1cc(Br)c2c(c1)OCCO2. The van der Waals surface area contributed by atoms with Crippen LogP contribution in [-0.4, -0.2) is 51.5 Å². The summed E-state index contributed by atoms with van der Waals surface area (Å²) >= 11 is 3.56. The van der Waals surface area contributed by atoms with Crippen LogP contribution in [-0.2, 0) is 4.74 Å². The lowest BCUT2D eigenvalue weighted by molar-refractivity contribution is 0.0907. The fourth-order valence-corrected chi connectivity index (χ4v) is 3.10. The maximum atomic E-state index is 6.00. The molecular weight excluding hydrogens is 336 g/mol. The number of likely N-dealkylation sites (N-methyl/N-ethyl adjacent to an activating group) is 1. The largest absolute Gasteiger partial charge is 0.486 e. The summed E-state index contributed by atoms with van der Waals surface area (Å²) < 4.78 is 17.5. The molecule has 0 aromatic heterocycles. The highest BCUT2D eigenvalue weighted by atomic mass is 79.9. The molecule has 0 spiro atoms. The van der Waals surface area contributed by atoms with Crippen molar-refractivity contribution in [1.29, 1.82) is 0 Å². The van der Waals surface area contributed by atoms with Gasteiger partial charge in [0.15, 0.2) is 11.5 Å². The highest BCUT2D eigenvalue weighted by Gasteiger charge is 2.24. The van der Waals surface area contributed by atoms with E-state index in [1.807, 2.05) is 6.07 Å². The minimum Gasteiger partial charge on any atom is -0.486 e. The molecule has 0 aliphatic carbocycles. The minimum atomic E-state index is 0.0993. The van der Waals surface area contributed by atoms with Crippen LogP contribution in [0.1, 0.15) is 18.5 Å². The summed E-state index contributed by atoms with van der Waals surface area (Å²) in [6, 6.07) is 4.45. The second-order valence-electron chi connectivity index (χ2n) is 5.25. The van der Waals surface area contributed by atoms with Crippen LogP contribution >= 0.6 is 15.9 Å². The molecule has 1 aliphatic rings. The third-order valence-electron chi connectivity index (χ3n) is 3.82. The maximum absolute atomic E-state index is 6.00. The molecule has 0 fully saturated rings. The van der Waals surface area contributed by atoms with Gasteiger partial charge in [0.05, 0.1) is 11.1 Å². The number of hydrogen-bond acceptors (Lipinski definition) is 5. The number of ether oxygens (including phenoxy) is 3. The third kappa shape index (κ3) is 3.69. The first-order chi connectivity index (χ1) is 10.1. The Morgan fingerprint density at radius 3 is 2.76 bits per heavy atom. The highest BCUT2D eigenvalue weighted by Crippen LogP contribution is 2.40. The summed E-state index contributed by atoms with van der Waals surface area (Å²) in [6.45, 7) is 4.47. The topological polar surface area (TPSA) is 57.0 Å². The number of fused-ring (bicyclic) bond motifs is 1. The van der Waals surface area contributed by atoms with Gasteiger partial charge in [-0.2, -0.15) is 0 Å². The predicted octanol–water partition coefficient (Wildman–Crippen LogP) is 2.19. The van der Waals surface area contributed by atoms with Crippen LogP contribution in [0.25, 0.3) is 0 Å². The van der Waals surface area contributed by atoms with E-state index in [2.05, 4.69) is 40.9 Å². The molecule has 0 amide bonds. The fraction of sp³-hybridized carbons (Fsp3) is 0.600. The molecule has 6 heteroatoms. The Morgan fingerprint density at radius 1 is 1.38 bits per heavy atom. The monoisotopic (exact) mass is 358 g/mol. The Bertz CT molecular complexity index is 484. The Hall–Kier alpha value is -0.820. The van der Waals surface area contributed by atoms with Crippen molar-refractivity contribution in [1.82, 2.24) is 4.90 Å². The molecule has 5 nitrogen and oxygen atoms in total. The lowest BCUT2D eigenvalue weighted by Gasteiger charge is -2.33. The van der Waals surface area contributed by atoms with E-state index in [9.17, 15) is 0 Å². The van der Waals surface area contributed by atoms with Gasteiger partial charge in [-0.3, -0.25) is 4.90 Å². The zero-order chi connectivity index (χ0) is 15.4. The highest BCUT2D eigenvalue weighted by molar-refractivity contribution is 9.10. The smallest absolute Gasteiger partial charge is 0.175 e. The van der Waals surface area contributed by atoms with E-state index in [1.165, 1.54) is 0 Å². The van der Waals surface area contributed by atoms with Gasteiger partial charge in [0, 0.05) is 25.7 Å². The van der Waals surface area contributed by atoms with Crippen molar-refractivity contribution in [3.63, 3.8) is 0 Å². The van der Waals surface area contributed by atoms with E-state index in [0.717, 1.165) is 21.5 Å². The van der Waals surface area contributed by atoms with Gasteiger partial charge in [0.25, 0.3) is 0 Å². The molecule has 21 heavy (non-hydrogen) atoms. The quantitative estimate of drug-likeness (QED) is 0.844. The molecule has 2 rings (SSSR count). The number of benzene rings is 1. The molecule has 1 heterocycles. The van der Waals surface area contributed by atoms with Crippen molar-refractivity contribution < 1.29 is 14.2 Å². The Labute approximate surface area is 134 Å². The molecular formula is C15H23BrN2O3. The number of rotatable bonds is 6. The first kappa shape index (κ1) is 16.5. The van der Waals surface area contributed by atoms with Crippen molar-refractivity contribution in [3.05, 3.63) is 22.2 Å². The van der Waals surface area contributed by atoms with Gasteiger partial charge in [-0.05, 0) is 47.6 Å². The second kappa shape index (κ2) is 7.45. The summed E-state index contributed by atoms with van der Waals surface area (Å²) in [5.41, 5.74) is 7.11. The van der Waals surface area contributed by atoms with E-state index < -0.39 is 0 Å². The average molecular weight is 359 g/mol. The first-order valence-electron chi connectivity index (χ1n) is 7.08. The summed E-state index contributed by atoms with van der Waals surface area (Å²) in [7, 11) is 3.77. The molecule has 1 aromatic rings. The van der Waals surface area contributed by atoms with E-state index in [4.69, 9.17) is 19.9 Å². The van der Waals surface area contributed by atoms with Gasteiger partial charge in [-0.25, -0.2) is 0 Å². The molecule has 0 saturated heterocycles. The van der Waals surface area contributed by atoms with Crippen molar-refractivity contribution in [2.45, 2.75) is 19.0 Å². The van der Waals surface area contributed by atoms with Gasteiger partial charge in [0.2, 0.25) is 0 Å². The Kier molecular flexibility index (Phi) is 5.87. The van der Waals surface area contributed by atoms with E-state index >= 15 is 0 Å². The second-order valence-corrected chi connectivity index (χ2v) is 6.10. The molecule has 0 saturated carbocycles. The fourth-order valence-electron chi connectivity index (χ4n) is 2.53. The summed E-state index contributed by atoms with van der Waals surface area (Å²) in [5, 5.41) is 0. The summed E-state index contributed by atoms with van der Waals surface area (Å²) in [5.74, 6) is 1.55. The molecule has 0 radical (unpaired) electrons. The predicted molar refractivity (Wildman–Crippen MR) is 86.0 cm³/mol. The zero-order valence-corrected chi connectivity index (χ0v) is 14.4. The van der Waals surface area contributed by atoms with Crippen LogP contribution in [0.15, 0.2) is 16.6 Å². The molecule has 1 aliphatic heterocycles. The first-order valence-corrected chi connectivity index (χ1v) is 7.87. The minimum absolute atomic E-state index is 0.0993. The van der Waals surface area contributed by atoms with Gasteiger partial charge in [-0.15, -0.1) is 0 Å². The van der Waals surface area contributed by atoms with Gasteiger partial charge >= 0.3 is 0 Å². The van der Waals surface area contributed by atoms with Crippen molar-refractivity contribution in [3.8, 4) is 11.5 Å². The lowest BCUT2D eigenvalue weighted by Crippen LogP contribution is -2.39. The lowest BCUT2D eigenvalue weighted by atomic mass is 10.0. The normalized spacial score (nSPS) is 16.9. The third-order valence-corrected chi connectivity index (χ3v) is 4.41. The molecule has 2 atom stereocenters. The molecule has 118 valence electrons. The van der Waals surface area contributed by atoms with Crippen LogP contribution in [0.3, 0.4) is 0 Å².